The van der Waals surface area contributed by atoms with Gasteiger partial charge in [-0.25, -0.2) is 14.8 Å². The van der Waals surface area contributed by atoms with Crippen molar-refractivity contribution < 1.29 is 19.2 Å². The first kappa shape index (κ1) is 19.1. The number of nitrogens with zero attached hydrogens (tertiary/aromatic N) is 3. The van der Waals surface area contributed by atoms with Gasteiger partial charge in [-0.1, -0.05) is 23.9 Å². The van der Waals surface area contributed by atoms with Crippen molar-refractivity contribution >= 4 is 40.8 Å². The second-order valence-corrected chi connectivity index (χ2v) is 5.73. The number of carbonyl (C=O) groups is 2. The van der Waals surface area contributed by atoms with Gasteiger partial charge in [-0.05, 0) is 13.0 Å². The highest BCUT2D eigenvalue weighted by molar-refractivity contribution is 7.99. The van der Waals surface area contributed by atoms with E-state index in [1.54, 1.807) is 13.0 Å². The Hall–Kier alpha value is -3.21. The van der Waals surface area contributed by atoms with Crippen molar-refractivity contribution in [1.29, 1.82) is 0 Å². The van der Waals surface area contributed by atoms with Crippen LogP contribution in [-0.4, -0.2) is 39.1 Å². The van der Waals surface area contributed by atoms with Gasteiger partial charge in [-0.15, -0.1) is 0 Å². The van der Waals surface area contributed by atoms with E-state index in [9.17, 15) is 19.7 Å². The van der Waals surface area contributed by atoms with E-state index in [0.29, 0.717) is 0 Å². The Morgan fingerprint density at radius 1 is 1.38 bits per heavy atom. The number of hydrogen-bond acceptors (Lipinski definition) is 9. The second kappa shape index (κ2) is 8.76. The molecule has 1 aromatic heterocycles. The fraction of sp³-hybridized carbons (Fsp3) is 0.200. The summed E-state index contributed by atoms with van der Waals surface area (Å²) in [5.74, 6) is -1.25. The molecule has 1 heterocycles. The third-order valence-corrected chi connectivity index (χ3v) is 3.86. The Morgan fingerprint density at radius 2 is 2.12 bits per heavy atom. The number of nitrogens with one attached hydrogen (secondary N) is 1. The summed E-state index contributed by atoms with van der Waals surface area (Å²) in [6, 6.07) is 5.81. The van der Waals surface area contributed by atoms with Gasteiger partial charge in [0.15, 0.2) is 5.16 Å². The molecule has 1 aromatic carbocycles. The largest absolute Gasteiger partial charge is 0.462 e. The van der Waals surface area contributed by atoms with Gasteiger partial charge >= 0.3 is 5.97 Å². The number of nitrogen functional groups attached to an aromatic ring is 1. The zero-order valence-electron chi connectivity index (χ0n) is 13.7. The Balaban J connectivity index is 1.99. The molecular formula is C15H15N5O5S. The van der Waals surface area contributed by atoms with Gasteiger partial charge in [0.25, 0.3) is 5.69 Å². The monoisotopic (exact) mass is 377 g/mol. The molecule has 0 atom stereocenters. The van der Waals surface area contributed by atoms with Gasteiger partial charge in [-0.3, -0.25) is 14.9 Å². The molecule has 0 saturated carbocycles. The van der Waals surface area contributed by atoms with Crippen LogP contribution in [0.2, 0.25) is 0 Å². The van der Waals surface area contributed by atoms with E-state index in [1.165, 1.54) is 24.4 Å². The van der Waals surface area contributed by atoms with Crippen molar-refractivity contribution in [3.63, 3.8) is 0 Å². The zero-order chi connectivity index (χ0) is 19.1. The lowest BCUT2D eigenvalue weighted by molar-refractivity contribution is -0.383. The Morgan fingerprint density at radius 3 is 2.77 bits per heavy atom. The molecular weight excluding hydrogens is 362 g/mol. The van der Waals surface area contributed by atoms with E-state index < -0.39 is 16.8 Å². The second-order valence-electron chi connectivity index (χ2n) is 4.78. The number of nitrogens with two attached hydrogens (primary N) is 1. The van der Waals surface area contributed by atoms with Gasteiger partial charge in [0.2, 0.25) is 5.91 Å². The standard InChI is InChI=1S/C15H15N5O5S/c1-2-25-14(22)9-7-17-15(19-13(9)16)26-8-12(21)18-10-5-3-4-6-11(10)20(23)24/h3-7H,2,8H2,1H3,(H,18,21)(H2,16,17,19). The molecule has 3 N–H and O–H groups in total. The number of aromatic nitrogens is 2. The summed E-state index contributed by atoms with van der Waals surface area (Å²) >= 11 is 0.974. The number of rotatable bonds is 7. The van der Waals surface area contributed by atoms with Crippen molar-refractivity contribution in [3.8, 4) is 0 Å². The highest BCUT2D eigenvalue weighted by atomic mass is 32.2. The van der Waals surface area contributed by atoms with Crippen LogP contribution in [-0.2, 0) is 9.53 Å². The summed E-state index contributed by atoms with van der Waals surface area (Å²) in [7, 11) is 0. The summed E-state index contributed by atoms with van der Waals surface area (Å²) in [4.78, 5) is 41.9. The maximum Gasteiger partial charge on any atom is 0.343 e. The molecule has 0 radical (unpaired) electrons. The molecule has 10 nitrogen and oxygen atoms in total. The number of benzene rings is 1. The van der Waals surface area contributed by atoms with Crippen LogP contribution in [0.3, 0.4) is 0 Å². The zero-order valence-corrected chi connectivity index (χ0v) is 14.5. The molecule has 0 unspecified atom stereocenters. The number of ether oxygens (including phenoxy) is 1. The predicted octanol–water partition coefficient (Wildman–Crippen LogP) is 1.87. The van der Waals surface area contributed by atoms with E-state index in [0.717, 1.165) is 11.8 Å². The highest BCUT2D eigenvalue weighted by Gasteiger charge is 2.17. The first-order valence-corrected chi connectivity index (χ1v) is 8.36. The van der Waals surface area contributed by atoms with Crippen molar-refractivity contribution in [1.82, 2.24) is 9.97 Å². The fourth-order valence-electron chi connectivity index (χ4n) is 1.87. The number of nitro benzene ring substituents is 1. The van der Waals surface area contributed by atoms with Gasteiger partial charge in [0.1, 0.15) is 17.1 Å². The molecule has 0 fully saturated rings. The lowest BCUT2D eigenvalue weighted by Crippen LogP contribution is -2.16. The first-order valence-electron chi connectivity index (χ1n) is 7.38. The average Bonchev–Trinajstić information content (AvgIpc) is 2.60. The van der Waals surface area contributed by atoms with E-state index in [4.69, 9.17) is 10.5 Å². The lowest BCUT2D eigenvalue weighted by Gasteiger charge is -2.07. The highest BCUT2D eigenvalue weighted by Crippen LogP contribution is 2.24. The minimum absolute atomic E-state index is 0.0422. The van der Waals surface area contributed by atoms with E-state index in [2.05, 4.69) is 15.3 Å². The minimum Gasteiger partial charge on any atom is -0.462 e. The van der Waals surface area contributed by atoms with Crippen LogP contribution in [0.4, 0.5) is 17.2 Å². The third-order valence-electron chi connectivity index (χ3n) is 3.00. The molecule has 26 heavy (non-hydrogen) atoms. The van der Waals surface area contributed by atoms with Crippen LogP contribution in [0.1, 0.15) is 17.3 Å². The summed E-state index contributed by atoms with van der Waals surface area (Å²) in [6.45, 7) is 1.86. The number of thioether (sulfide) groups is 1. The van der Waals surface area contributed by atoms with Crippen molar-refractivity contribution in [2.75, 3.05) is 23.4 Å². The van der Waals surface area contributed by atoms with E-state index in [1.807, 2.05) is 0 Å². The molecule has 0 aliphatic heterocycles. The van der Waals surface area contributed by atoms with Crippen LogP contribution in [0.25, 0.3) is 0 Å². The Bertz CT molecular complexity index is 845. The minimum atomic E-state index is -0.629. The van der Waals surface area contributed by atoms with Crippen molar-refractivity contribution in [2.45, 2.75) is 12.1 Å². The molecule has 1 amide bonds. The van der Waals surface area contributed by atoms with Crippen LogP contribution in [0.15, 0.2) is 35.6 Å². The molecule has 2 rings (SSSR count). The van der Waals surface area contributed by atoms with Crippen LogP contribution in [0.5, 0.6) is 0 Å². The molecule has 0 bridgehead atoms. The molecule has 136 valence electrons. The molecule has 0 saturated heterocycles. The molecule has 0 aliphatic rings. The average molecular weight is 377 g/mol. The number of nitro groups is 1. The Kier molecular flexibility index (Phi) is 6.44. The number of amides is 1. The SMILES string of the molecule is CCOC(=O)c1cnc(SCC(=O)Nc2ccccc2[N+](=O)[O-])nc1N. The predicted molar refractivity (Wildman–Crippen MR) is 94.9 cm³/mol. The molecule has 2 aromatic rings. The lowest BCUT2D eigenvalue weighted by atomic mass is 10.2. The molecule has 0 spiro atoms. The van der Waals surface area contributed by atoms with Crippen molar-refractivity contribution in [3.05, 3.63) is 46.1 Å². The normalized spacial score (nSPS) is 10.2. The number of carbonyl (C=O) groups excluding carboxylic acids is 2. The number of anilines is 2. The number of hydrogen-bond donors (Lipinski definition) is 2. The topological polar surface area (TPSA) is 150 Å². The van der Waals surface area contributed by atoms with Crippen LogP contribution >= 0.6 is 11.8 Å². The summed E-state index contributed by atoms with van der Waals surface area (Å²) in [5.41, 5.74) is 5.63. The summed E-state index contributed by atoms with van der Waals surface area (Å²) in [5, 5.41) is 13.6. The third kappa shape index (κ3) is 4.89. The number of esters is 1. The number of para-hydroxylation sites is 2. The Labute approximate surface area is 152 Å². The summed E-state index contributed by atoms with van der Waals surface area (Å²) < 4.78 is 4.82. The summed E-state index contributed by atoms with van der Waals surface area (Å²) in [6.07, 6.45) is 1.22. The molecule has 11 heteroatoms. The molecule has 0 aliphatic carbocycles. The maximum atomic E-state index is 12.0. The van der Waals surface area contributed by atoms with Gasteiger partial charge in [0, 0.05) is 12.3 Å². The van der Waals surface area contributed by atoms with E-state index >= 15 is 0 Å². The maximum absolute atomic E-state index is 12.0. The first-order chi connectivity index (χ1) is 12.4. The smallest absolute Gasteiger partial charge is 0.343 e. The fourth-order valence-corrected chi connectivity index (χ4v) is 2.49. The quantitative estimate of drug-likeness (QED) is 0.242. The van der Waals surface area contributed by atoms with Crippen molar-refractivity contribution in [2.24, 2.45) is 0 Å². The van der Waals surface area contributed by atoms with Gasteiger partial charge in [-0.2, -0.15) is 0 Å². The van der Waals surface area contributed by atoms with Crippen LogP contribution < -0.4 is 11.1 Å². The van der Waals surface area contributed by atoms with E-state index in [-0.39, 0.29) is 40.3 Å². The van der Waals surface area contributed by atoms with Gasteiger partial charge < -0.3 is 15.8 Å². The van der Waals surface area contributed by atoms with Crippen LogP contribution in [0, 0.1) is 10.1 Å². The van der Waals surface area contributed by atoms with Gasteiger partial charge in [0.05, 0.1) is 17.3 Å².